The number of carbonyl (C=O) groups excluding carboxylic acids is 1. The van der Waals surface area contributed by atoms with Crippen molar-refractivity contribution in [3.05, 3.63) is 98.4 Å². The largest absolute Gasteiger partial charge is 0.507 e. The molecule has 3 aromatic carbocycles. The van der Waals surface area contributed by atoms with Gasteiger partial charge in [0.1, 0.15) is 5.75 Å². The van der Waals surface area contributed by atoms with Gasteiger partial charge in [-0.15, -0.1) is 0 Å². The maximum absolute atomic E-state index is 13.3. The van der Waals surface area contributed by atoms with Gasteiger partial charge in [0.2, 0.25) is 0 Å². The summed E-state index contributed by atoms with van der Waals surface area (Å²) in [5.74, 6) is -0.474. The minimum atomic E-state index is -0.548. The van der Waals surface area contributed by atoms with Gasteiger partial charge >= 0.3 is 0 Å². The van der Waals surface area contributed by atoms with Crippen LogP contribution in [0.3, 0.4) is 0 Å². The molecule has 1 aliphatic heterocycles. The lowest BCUT2D eigenvalue weighted by Gasteiger charge is -2.16. The van der Waals surface area contributed by atoms with Crippen LogP contribution >= 0.6 is 11.8 Å². The van der Waals surface area contributed by atoms with E-state index < -0.39 is 4.92 Å². The van der Waals surface area contributed by atoms with E-state index in [2.05, 4.69) is 4.99 Å². The number of amides is 1. The Morgan fingerprint density at radius 3 is 2.25 bits per heavy atom. The summed E-state index contributed by atoms with van der Waals surface area (Å²) in [6.45, 7) is 3.94. The van der Waals surface area contributed by atoms with E-state index in [9.17, 15) is 20.0 Å². The van der Waals surface area contributed by atoms with Crippen molar-refractivity contribution in [2.45, 2.75) is 13.8 Å². The Morgan fingerprint density at radius 2 is 1.62 bits per heavy atom. The number of phenols is 1. The van der Waals surface area contributed by atoms with Crippen LogP contribution in [0.2, 0.25) is 0 Å². The SMILES string of the molecule is Cc1ccc(N=C2SC(=Cc3cc([N+](=O)[O-])ccc3O)C(=O)N2c2ccc(C)cc2)cc1. The number of aromatic hydroxyl groups is 1. The van der Waals surface area contributed by atoms with E-state index in [0.717, 1.165) is 22.9 Å². The minimum Gasteiger partial charge on any atom is -0.507 e. The van der Waals surface area contributed by atoms with Gasteiger partial charge in [-0.25, -0.2) is 4.99 Å². The fourth-order valence-corrected chi connectivity index (χ4v) is 4.10. The first-order valence-electron chi connectivity index (χ1n) is 9.75. The molecule has 0 bridgehead atoms. The molecule has 0 atom stereocenters. The number of phenolic OH excluding ortho intramolecular Hbond substituents is 1. The second kappa shape index (κ2) is 8.68. The molecule has 7 nitrogen and oxygen atoms in total. The molecule has 0 aliphatic carbocycles. The first-order chi connectivity index (χ1) is 15.3. The van der Waals surface area contributed by atoms with Crippen LogP contribution in [0.4, 0.5) is 17.1 Å². The van der Waals surface area contributed by atoms with Gasteiger partial charge in [0.25, 0.3) is 11.6 Å². The molecule has 4 rings (SSSR count). The Kier molecular flexibility index (Phi) is 5.79. The summed E-state index contributed by atoms with van der Waals surface area (Å²) < 4.78 is 0. The molecule has 3 aromatic rings. The van der Waals surface area contributed by atoms with Gasteiger partial charge in [-0.3, -0.25) is 19.8 Å². The number of nitro benzene ring substituents is 1. The number of thioether (sulfide) groups is 1. The normalized spacial score (nSPS) is 16.2. The van der Waals surface area contributed by atoms with Crippen molar-refractivity contribution in [2.75, 3.05) is 4.90 Å². The Bertz CT molecular complexity index is 1270. The van der Waals surface area contributed by atoms with Crippen LogP contribution in [0.5, 0.6) is 5.75 Å². The first kappa shape index (κ1) is 21.3. The van der Waals surface area contributed by atoms with Crippen LogP contribution in [-0.4, -0.2) is 21.1 Å². The Labute approximate surface area is 188 Å². The smallest absolute Gasteiger partial charge is 0.271 e. The molecule has 1 saturated heterocycles. The number of hydrogen-bond donors (Lipinski definition) is 1. The summed E-state index contributed by atoms with van der Waals surface area (Å²) in [7, 11) is 0. The molecule has 0 radical (unpaired) electrons. The lowest BCUT2D eigenvalue weighted by atomic mass is 10.1. The maximum atomic E-state index is 13.3. The second-order valence-electron chi connectivity index (χ2n) is 7.32. The average molecular weight is 446 g/mol. The Hall–Kier alpha value is -3.91. The predicted octanol–water partition coefficient (Wildman–Crippen LogP) is 5.73. The molecule has 1 amide bonds. The van der Waals surface area contributed by atoms with Crippen molar-refractivity contribution in [1.29, 1.82) is 0 Å². The molecule has 0 unspecified atom stereocenters. The number of rotatable bonds is 4. The van der Waals surface area contributed by atoms with Crippen molar-refractivity contribution in [1.82, 2.24) is 0 Å². The van der Waals surface area contributed by atoms with Crippen LogP contribution in [-0.2, 0) is 4.79 Å². The Morgan fingerprint density at radius 1 is 1.00 bits per heavy atom. The number of aryl methyl sites for hydroxylation is 2. The molecular weight excluding hydrogens is 426 g/mol. The van der Waals surface area contributed by atoms with E-state index in [1.54, 1.807) is 0 Å². The third-order valence-electron chi connectivity index (χ3n) is 4.87. The molecule has 0 aromatic heterocycles. The number of aliphatic imine (C=N–C) groups is 1. The second-order valence-corrected chi connectivity index (χ2v) is 8.33. The lowest BCUT2D eigenvalue weighted by Crippen LogP contribution is -2.28. The standard InChI is InChI=1S/C24H19N3O4S/c1-15-3-7-18(8-4-15)25-24-26(19-9-5-16(2)6-10-19)23(29)22(32-24)14-17-13-20(27(30)31)11-12-21(17)28/h3-14,28H,1-2H3. The Balaban J connectivity index is 1.79. The monoisotopic (exact) mass is 445 g/mol. The number of nitrogens with zero attached hydrogens (tertiary/aromatic N) is 3. The van der Waals surface area contributed by atoms with Crippen molar-refractivity contribution in [3.8, 4) is 5.75 Å². The van der Waals surface area contributed by atoms with Gasteiger partial charge in [-0.1, -0.05) is 35.4 Å². The topological polar surface area (TPSA) is 96.0 Å². The number of non-ortho nitro benzene ring substituents is 1. The van der Waals surface area contributed by atoms with Crippen molar-refractivity contribution in [3.63, 3.8) is 0 Å². The summed E-state index contributed by atoms with van der Waals surface area (Å²) in [5, 5.41) is 21.7. The zero-order valence-electron chi connectivity index (χ0n) is 17.4. The zero-order valence-corrected chi connectivity index (χ0v) is 18.2. The number of amidine groups is 1. The summed E-state index contributed by atoms with van der Waals surface area (Å²) in [4.78, 5) is 30.4. The van der Waals surface area contributed by atoms with E-state index in [4.69, 9.17) is 0 Å². The number of anilines is 1. The summed E-state index contributed by atoms with van der Waals surface area (Å²) in [6.07, 6.45) is 1.45. The van der Waals surface area contributed by atoms with Crippen molar-refractivity contribution in [2.24, 2.45) is 4.99 Å². The van der Waals surface area contributed by atoms with Crippen LogP contribution in [0, 0.1) is 24.0 Å². The highest BCUT2D eigenvalue weighted by atomic mass is 32.2. The van der Waals surface area contributed by atoms with Crippen LogP contribution < -0.4 is 4.90 Å². The first-order valence-corrected chi connectivity index (χ1v) is 10.6. The quantitative estimate of drug-likeness (QED) is 0.314. The molecule has 1 heterocycles. The molecule has 1 N–H and O–H groups in total. The fourth-order valence-electron chi connectivity index (χ4n) is 3.11. The summed E-state index contributed by atoms with van der Waals surface area (Å²) >= 11 is 1.15. The van der Waals surface area contributed by atoms with Crippen molar-refractivity contribution >= 4 is 46.0 Å². The highest BCUT2D eigenvalue weighted by Gasteiger charge is 2.35. The number of nitro groups is 1. The van der Waals surface area contributed by atoms with Crippen LogP contribution in [0.25, 0.3) is 6.08 Å². The molecular formula is C24H19N3O4S. The van der Waals surface area contributed by atoms with Gasteiger partial charge in [0.15, 0.2) is 5.17 Å². The molecule has 1 fully saturated rings. The third kappa shape index (κ3) is 4.40. The lowest BCUT2D eigenvalue weighted by molar-refractivity contribution is -0.384. The number of hydrogen-bond acceptors (Lipinski definition) is 6. The number of carbonyl (C=O) groups is 1. The van der Waals surface area contributed by atoms with Gasteiger partial charge in [-0.2, -0.15) is 0 Å². The van der Waals surface area contributed by atoms with E-state index in [1.165, 1.54) is 29.2 Å². The molecule has 160 valence electrons. The number of benzene rings is 3. The van der Waals surface area contributed by atoms with Gasteiger partial charge in [0, 0.05) is 17.7 Å². The molecule has 1 aliphatic rings. The average Bonchev–Trinajstić information content (AvgIpc) is 3.06. The molecule has 32 heavy (non-hydrogen) atoms. The van der Waals surface area contributed by atoms with Gasteiger partial charge in [-0.05, 0) is 62.0 Å². The molecule has 8 heteroatoms. The van der Waals surface area contributed by atoms with E-state index in [1.807, 2.05) is 62.4 Å². The van der Waals surface area contributed by atoms with Gasteiger partial charge < -0.3 is 5.11 Å². The minimum absolute atomic E-state index is 0.151. The summed E-state index contributed by atoms with van der Waals surface area (Å²) in [5.41, 5.74) is 3.53. The van der Waals surface area contributed by atoms with E-state index >= 15 is 0 Å². The highest BCUT2D eigenvalue weighted by molar-refractivity contribution is 8.19. The van der Waals surface area contributed by atoms with Crippen LogP contribution in [0.15, 0.2) is 76.6 Å². The van der Waals surface area contributed by atoms with E-state index in [-0.39, 0.29) is 22.9 Å². The van der Waals surface area contributed by atoms with E-state index in [0.29, 0.717) is 21.4 Å². The molecule has 0 spiro atoms. The maximum Gasteiger partial charge on any atom is 0.271 e. The molecule has 0 saturated carbocycles. The van der Waals surface area contributed by atoms with Crippen LogP contribution in [0.1, 0.15) is 16.7 Å². The van der Waals surface area contributed by atoms with Gasteiger partial charge in [0.05, 0.1) is 21.2 Å². The third-order valence-corrected chi connectivity index (χ3v) is 5.83. The fraction of sp³-hybridized carbons (Fsp3) is 0.0833. The zero-order chi connectivity index (χ0) is 22.8. The highest BCUT2D eigenvalue weighted by Crippen LogP contribution is 2.38. The predicted molar refractivity (Wildman–Crippen MR) is 127 cm³/mol. The summed E-state index contributed by atoms with van der Waals surface area (Å²) in [6, 6.07) is 18.8. The van der Waals surface area contributed by atoms with Crippen molar-refractivity contribution < 1.29 is 14.8 Å².